The molecule has 2 aromatic rings. The fourth-order valence-electron chi connectivity index (χ4n) is 1.26. The fourth-order valence-corrected chi connectivity index (χ4v) is 1.26. The number of aromatic nitrogens is 4. The summed E-state index contributed by atoms with van der Waals surface area (Å²) in [5, 5.41) is 0. The maximum absolute atomic E-state index is 4.22. The molecule has 0 unspecified atom stereocenters. The minimum Gasteiger partial charge on any atom is -0.310 e. The van der Waals surface area contributed by atoms with Gasteiger partial charge in [0.05, 0.1) is 12.5 Å². The molecule has 0 aliphatic carbocycles. The molecule has 0 N–H and O–H groups in total. The standard InChI is InChI=1S/C9H12N4.C5H12/c1-9(2,3)13-6-12-7-4-10-5-11-8(7)13;1-5(2,3)4/h4-6H,1-3H3;1-4H3. The van der Waals surface area contributed by atoms with Crippen molar-refractivity contribution in [2.45, 2.75) is 54.0 Å². The Hall–Kier alpha value is -1.45. The summed E-state index contributed by atoms with van der Waals surface area (Å²) in [4.78, 5) is 12.3. The molecule has 4 heteroatoms. The molecule has 0 aliphatic rings. The molecule has 18 heavy (non-hydrogen) atoms. The van der Waals surface area contributed by atoms with E-state index in [4.69, 9.17) is 0 Å². The highest BCUT2D eigenvalue weighted by atomic mass is 15.2. The summed E-state index contributed by atoms with van der Waals surface area (Å²) in [6.07, 6.45) is 5.08. The van der Waals surface area contributed by atoms with E-state index in [1.54, 1.807) is 18.9 Å². The average Bonchev–Trinajstić information content (AvgIpc) is 2.57. The Bertz CT molecular complexity index is 494. The third-order valence-electron chi connectivity index (χ3n) is 1.94. The zero-order valence-corrected chi connectivity index (χ0v) is 12.5. The number of imidazole rings is 1. The van der Waals surface area contributed by atoms with E-state index >= 15 is 0 Å². The van der Waals surface area contributed by atoms with Crippen LogP contribution in [0.4, 0.5) is 0 Å². The summed E-state index contributed by atoms with van der Waals surface area (Å²) < 4.78 is 2.05. The lowest BCUT2D eigenvalue weighted by Gasteiger charge is -2.20. The van der Waals surface area contributed by atoms with E-state index in [9.17, 15) is 0 Å². The van der Waals surface area contributed by atoms with Crippen LogP contribution in [0.15, 0.2) is 18.9 Å². The highest BCUT2D eigenvalue weighted by Crippen LogP contribution is 2.18. The molecule has 0 radical (unpaired) electrons. The van der Waals surface area contributed by atoms with Crippen molar-refractivity contribution in [3.8, 4) is 0 Å². The van der Waals surface area contributed by atoms with E-state index in [1.165, 1.54) is 0 Å². The first-order chi connectivity index (χ1) is 8.09. The van der Waals surface area contributed by atoms with Crippen molar-refractivity contribution in [2.75, 3.05) is 0 Å². The van der Waals surface area contributed by atoms with E-state index in [0.29, 0.717) is 5.41 Å². The predicted octanol–water partition coefficient (Wildman–Crippen LogP) is 3.63. The van der Waals surface area contributed by atoms with Crippen molar-refractivity contribution < 1.29 is 0 Å². The molecule has 4 nitrogen and oxygen atoms in total. The molecule has 0 bridgehead atoms. The first-order valence-corrected chi connectivity index (χ1v) is 6.22. The van der Waals surface area contributed by atoms with Gasteiger partial charge in [-0.05, 0) is 26.2 Å². The van der Waals surface area contributed by atoms with Crippen LogP contribution >= 0.6 is 0 Å². The largest absolute Gasteiger partial charge is 0.310 e. The second-order valence-electron chi connectivity index (χ2n) is 7.02. The van der Waals surface area contributed by atoms with Crippen LogP contribution in [0.25, 0.3) is 11.2 Å². The third-order valence-corrected chi connectivity index (χ3v) is 1.94. The molecule has 0 aromatic carbocycles. The molecule has 2 rings (SSSR count). The Morgan fingerprint density at radius 2 is 1.50 bits per heavy atom. The number of rotatable bonds is 0. The minimum absolute atomic E-state index is 0.0170. The summed E-state index contributed by atoms with van der Waals surface area (Å²) in [6.45, 7) is 15.1. The second-order valence-corrected chi connectivity index (χ2v) is 7.02. The van der Waals surface area contributed by atoms with Crippen LogP contribution in [-0.2, 0) is 5.54 Å². The van der Waals surface area contributed by atoms with Crippen LogP contribution in [0, 0.1) is 5.41 Å². The van der Waals surface area contributed by atoms with Crippen LogP contribution in [0.5, 0.6) is 0 Å². The molecule has 2 heterocycles. The molecule has 2 aromatic heterocycles. The summed E-state index contributed by atoms with van der Waals surface area (Å²) in [6, 6.07) is 0. The minimum atomic E-state index is 0.0170. The molecule has 0 fully saturated rings. The molecular weight excluding hydrogens is 224 g/mol. The van der Waals surface area contributed by atoms with Crippen LogP contribution < -0.4 is 0 Å². The zero-order chi connectivity index (χ0) is 14.0. The number of nitrogens with zero attached hydrogens (tertiary/aromatic N) is 4. The van der Waals surface area contributed by atoms with Crippen molar-refractivity contribution in [3.05, 3.63) is 18.9 Å². The molecule has 0 amide bonds. The van der Waals surface area contributed by atoms with Gasteiger partial charge in [0, 0.05) is 5.54 Å². The van der Waals surface area contributed by atoms with Crippen molar-refractivity contribution in [1.29, 1.82) is 0 Å². The quantitative estimate of drug-likeness (QED) is 0.715. The van der Waals surface area contributed by atoms with Crippen molar-refractivity contribution >= 4 is 11.2 Å². The summed E-state index contributed by atoms with van der Waals surface area (Å²) in [5.41, 5.74) is 2.25. The molecule has 0 spiro atoms. The number of hydrogen-bond donors (Lipinski definition) is 0. The van der Waals surface area contributed by atoms with Gasteiger partial charge >= 0.3 is 0 Å². The van der Waals surface area contributed by atoms with Crippen LogP contribution in [0.2, 0.25) is 0 Å². The van der Waals surface area contributed by atoms with Gasteiger partial charge in [0.2, 0.25) is 0 Å². The van der Waals surface area contributed by atoms with Crippen molar-refractivity contribution in [3.63, 3.8) is 0 Å². The average molecular weight is 248 g/mol. The van der Waals surface area contributed by atoms with Gasteiger partial charge in [-0.2, -0.15) is 0 Å². The van der Waals surface area contributed by atoms with Crippen molar-refractivity contribution in [2.24, 2.45) is 5.41 Å². The van der Waals surface area contributed by atoms with Crippen LogP contribution in [-0.4, -0.2) is 19.5 Å². The normalized spacial score (nSPS) is 12.2. The first kappa shape index (κ1) is 14.6. The molecule has 100 valence electrons. The Morgan fingerprint density at radius 3 is 2.00 bits per heavy atom. The smallest absolute Gasteiger partial charge is 0.163 e. The molecule has 0 saturated carbocycles. The number of fused-ring (bicyclic) bond motifs is 1. The third kappa shape index (κ3) is 4.43. The summed E-state index contributed by atoms with van der Waals surface area (Å²) in [7, 11) is 0. The summed E-state index contributed by atoms with van der Waals surface area (Å²) in [5.74, 6) is 0. The van der Waals surface area contributed by atoms with Gasteiger partial charge < -0.3 is 4.57 Å². The maximum atomic E-state index is 4.22. The van der Waals surface area contributed by atoms with E-state index < -0.39 is 0 Å². The highest BCUT2D eigenvalue weighted by molar-refractivity contribution is 5.69. The van der Waals surface area contributed by atoms with Crippen LogP contribution in [0.3, 0.4) is 0 Å². The Kier molecular flexibility index (Phi) is 4.09. The SMILES string of the molecule is CC(C)(C)C.CC(C)(C)n1cnc2cncnc21. The molecule has 0 saturated heterocycles. The van der Waals surface area contributed by atoms with Gasteiger partial charge in [-0.15, -0.1) is 0 Å². The van der Waals surface area contributed by atoms with Gasteiger partial charge in [0.1, 0.15) is 11.8 Å². The Morgan fingerprint density at radius 1 is 0.944 bits per heavy atom. The van der Waals surface area contributed by atoms with E-state index in [1.807, 2.05) is 4.57 Å². The van der Waals surface area contributed by atoms with E-state index in [0.717, 1.165) is 11.2 Å². The Labute approximate surface area is 109 Å². The zero-order valence-electron chi connectivity index (χ0n) is 12.5. The first-order valence-electron chi connectivity index (χ1n) is 6.22. The lowest BCUT2D eigenvalue weighted by atomic mass is 10.0. The summed E-state index contributed by atoms with van der Waals surface area (Å²) >= 11 is 0. The van der Waals surface area contributed by atoms with Crippen LogP contribution in [0.1, 0.15) is 48.5 Å². The molecule has 0 aliphatic heterocycles. The van der Waals surface area contributed by atoms with E-state index in [-0.39, 0.29) is 5.54 Å². The lowest BCUT2D eigenvalue weighted by molar-refractivity contribution is 0.406. The van der Waals surface area contributed by atoms with Gasteiger partial charge in [-0.1, -0.05) is 27.7 Å². The fraction of sp³-hybridized carbons (Fsp3) is 0.643. The topological polar surface area (TPSA) is 43.6 Å². The van der Waals surface area contributed by atoms with Gasteiger partial charge in [0.15, 0.2) is 5.65 Å². The monoisotopic (exact) mass is 248 g/mol. The number of hydrogen-bond acceptors (Lipinski definition) is 3. The maximum Gasteiger partial charge on any atom is 0.163 e. The van der Waals surface area contributed by atoms with Gasteiger partial charge in [-0.3, -0.25) is 0 Å². The second kappa shape index (κ2) is 5.04. The van der Waals surface area contributed by atoms with Gasteiger partial charge in [0.25, 0.3) is 0 Å². The Balaban J connectivity index is 0.000000280. The predicted molar refractivity (Wildman–Crippen MR) is 75.4 cm³/mol. The van der Waals surface area contributed by atoms with Gasteiger partial charge in [-0.25, -0.2) is 15.0 Å². The van der Waals surface area contributed by atoms with Crippen molar-refractivity contribution in [1.82, 2.24) is 19.5 Å². The van der Waals surface area contributed by atoms with E-state index in [2.05, 4.69) is 63.4 Å². The lowest BCUT2D eigenvalue weighted by Crippen LogP contribution is -2.20. The molecular formula is C14H24N4. The molecule has 0 atom stereocenters. The highest BCUT2D eigenvalue weighted by Gasteiger charge is 2.16.